The summed E-state index contributed by atoms with van der Waals surface area (Å²) in [6.07, 6.45) is 1.83. The van der Waals surface area contributed by atoms with Gasteiger partial charge in [-0.15, -0.1) is 0 Å². The number of aromatic nitrogens is 1. The standard InChI is InChI=1S/C25H26N2O2/c1-15(2)23-17(4)27(25(29-23)18-9-6-5-7-10-18)21-14-20-19-11-8-12-26-24(19)28-22(20)13-16(21)3/h5-15,17,23,25H,1-4H3/t17-,23?,25?/m0/s1. The molecule has 1 aliphatic rings. The van der Waals surface area contributed by atoms with Gasteiger partial charge < -0.3 is 14.1 Å². The zero-order chi connectivity index (χ0) is 20.1. The fourth-order valence-electron chi connectivity index (χ4n) is 4.64. The molecule has 1 aliphatic heterocycles. The third kappa shape index (κ3) is 2.90. The van der Waals surface area contributed by atoms with Crippen LogP contribution in [0, 0.1) is 12.8 Å². The Balaban J connectivity index is 1.69. The van der Waals surface area contributed by atoms with E-state index >= 15 is 0 Å². The van der Waals surface area contributed by atoms with E-state index in [4.69, 9.17) is 9.15 Å². The number of hydrogen-bond acceptors (Lipinski definition) is 4. The third-order valence-electron chi connectivity index (χ3n) is 6.04. The maximum absolute atomic E-state index is 6.61. The van der Waals surface area contributed by atoms with Gasteiger partial charge in [-0.2, -0.15) is 0 Å². The van der Waals surface area contributed by atoms with E-state index in [-0.39, 0.29) is 18.4 Å². The van der Waals surface area contributed by atoms with E-state index < -0.39 is 0 Å². The topological polar surface area (TPSA) is 38.5 Å². The van der Waals surface area contributed by atoms with Crippen LogP contribution in [0.15, 0.2) is 65.2 Å². The van der Waals surface area contributed by atoms with E-state index in [2.05, 4.69) is 80.0 Å². The lowest BCUT2D eigenvalue weighted by Crippen LogP contribution is -2.36. The number of aryl methyl sites for hydroxylation is 1. The molecule has 1 saturated heterocycles. The molecule has 148 valence electrons. The lowest BCUT2D eigenvalue weighted by atomic mass is 9.99. The van der Waals surface area contributed by atoms with Gasteiger partial charge in [-0.1, -0.05) is 44.2 Å². The zero-order valence-corrected chi connectivity index (χ0v) is 17.3. The summed E-state index contributed by atoms with van der Waals surface area (Å²) in [5.41, 5.74) is 5.11. The number of furan rings is 1. The van der Waals surface area contributed by atoms with Gasteiger partial charge in [0.15, 0.2) is 6.23 Å². The van der Waals surface area contributed by atoms with Gasteiger partial charge in [0.2, 0.25) is 5.71 Å². The van der Waals surface area contributed by atoms with Crippen LogP contribution >= 0.6 is 0 Å². The molecule has 0 aliphatic carbocycles. The molecule has 2 unspecified atom stereocenters. The number of rotatable bonds is 3. The van der Waals surface area contributed by atoms with Crippen LogP contribution in [-0.4, -0.2) is 17.1 Å². The van der Waals surface area contributed by atoms with Crippen molar-refractivity contribution in [2.24, 2.45) is 5.92 Å². The summed E-state index contributed by atoms with van der Waals surface area (Å²) in [6, 6.07) is 19.2. The molecule has 29 heavy (non-hydrogen) atoms. The Morgan fingerprint density at radius 2 is 1.79 bits per heavy atom. The first-order valence-corrected chi connectivity index (χ1v) is 10.3. The van der Waals surface area contributed by atoms with Crippen LogP contribution in [0.3, 0.4) is 0 Å². The van der Waals surface area contributed by atoms with Crippen molar-refractivity contribution < 1.29 is 9.15 Å². The van der Waals surface area contributed by atoms with Crippen LogP contribution in [-0.2, 0) is 4.74 Å². The first kappa shape index (κ1) is 18.2. The molecule has 1 fully saturated rings. The Morgan fingerprint density at radius 3 is 2.55 bits per heavy atom. The van der Waals surface area contributed by atoms with Gasteiger partial charge in [0.25, 0.3) is 0 Å². The summed E-state index contributed by atoms with van der Waals surface area (Å²) in [5, 5.41) is 2.15. The first-order valence-electron chi connectivity index (χ1n) is 10.3. The lowest BCUT2D eigenvalue weighted by molar-refractivity contribution is 0.0159. The van der Waals surface area contributed by atoms with Gasteiger partial charge in [0.1, 0.15) is 5.58 Å². The van der Waals surface area contributed by atoms with Crippen molar-refractivity contribution >= 4 is 27.8 Å². The van der Waals surface area contributed by atoms with Crippen molar-refractivity contribution in [3.8, 4) is 0 Å². The predicted molar refractivity (Wildman–Crippen MR) is 117 cm³/mol. The Hall–Kier alpha value is -2.85. The van der Waals surface area contributed by atoms with Crippen LogP contribution in [0.5, 0.6) is 0 Å². The number of hydrogen-bond donors (Lipinski definition) is 0. The highest BCUT2D eigenvalue weighted by molar-refractivity contribution is 6.05. The number of pyridine rings is 1. The normalized spacial score (nSPS) is 22.2. The summed E-state index contributed by atoms with van der Waals surface area (Å²) in [4.78, 5) is 6.82. The van der Waals surface area contributed by atoms with E-state index in [1.807, 2.05) is 12.1 Å². The third-order valence-corrected chi connectivity index (χ3v) is 6.04. The van der Waals surface area contributed by atoms with Gasteiger partial charge in [0, 0.05) is 28.2 Å². The Kier molecular flexibility index (Phi) is 4.32. The van der Waals surface area contributed by atoms with Crippen LogP contribution in [0.2, 0.25) is 0 Å². The lowest BCUT2D eigenvalue weighted by Gasteiger charge is -2.31. The molecule has 0 spiro atoms. The number of ether oxygens (including phenoxy) is 1. The Morgan fingerprint density at radius 1 is 1.00 bits per heavy atom. The number of nitrogens with zero attached hydrogens (tertiary/aromatic N) is 2. The molecule has 2 aromatic heterocycles. The molecule has 4 nitrogen and oxygen atoms in total. The molecule has 0 N–H and O–H groups in total. The summed E-state index contributed by atoms with van der Waals surface area (Å²) >= 11 is 0. The van der Waals surface area contributed by atoms with Crippen molar-refractivity contribution in [1.29, 1.82) is 0 Å². The van der Waals surface area contributed by atoms with Crippen molar-refractivity contribution in [2.45, 2.75) is 46.1 Å². The van der Waals surface area contributed by atoms with E-state index in [0.29, 0.717) is 11.6 Å². The minimum atomic E-state index is -0.106. The number of fused-ring (bicyclic) bond motifs is 3. The predicted octanol–water partition coefficient (Wildman–Crippen LogP) is 6.24. The Bertz CT molecular complexity index is 1170. The minimum Gasteiger partial charge on any atom is -0.438 e. The second kappa shape index (κ2) is 6.89. The number of benzene rings is 2. The molecule has 0 bridgehead atoms. The zero-order valence-electron chi connectivity index (χ0n) is 17.3. The highest BCUT2D eigenvalue weighted by atomic mass is 16.5. The van der Waals surface area contributed by atoms with Gasteiger partial charge in [-0.3, -0.25) is 0 Å². The second-order valence-electron chi connectivity index (χ2n) is 8.35. The fraction of sp³-hybridized carbons (Fsp3) is 0.320. The molecule has 3 heterocycles. The average molecular weight is 386 g/mol. The van der Waals surface area contributed by atoms with E-state index in [9.17, 15) is 0 Å². The molecular formula is C25H26N2O2. The molecule has 4 aromatic rings. The van der Waals surface area contributed by atoms with Gasteiger partial charge >= 0.3 is 0 Å². The average Bonchev–Trinajstić information content (AvgIpc) is 3.25. The highest BCUT2D eigenvalue weighted by Crippen LogP contribution is 2.44. The second-order valence-corrected chi connectivity index (χ2v) is 8.35. The van der Waals surface area contributed by atoms with Gasteiger partial charge in [-0.05, 0) is 49.6 Å². The summed E-state index contributed by atoms with van der Waals surface area (Å²) < 4.78 is 12.6. The van der Waals surface area contributed by atoms with Gasteiger partial charge in [0.05, 0.1) is 12.1 Å². The summed E-state index contributed by atoms with van der Waals surface area (Å²) in [5.74, 6) is 0.434. The van der Waals surface area contributed by atoms with E-state index in [0.717, 1.165) is 16.4 Å². The van der Waals surface area contributed by atoms with Crippen molar-refractivity contribution in [2.75, 3.05) is 4.90 Å². The number of anilines is 1. The minimum absolute atomic E-state index is 0.106. The molecule has 0 saturated carbocycles. The fourth-order valence-corrected chi connectivity index (χ4v) is 4.64. The highest BCUT2D eigenvalue weighted by Gasteiger charge is 2.42. The molecule has 2 aromatic carbocycles. The SMILES string of the molecule is Cc1cc2oc3ncccc3c2cc1N1C(c2ccccc2)OC(C(C)C)[C@@H]1C. The van der Waals surface area contributed by atoms with Crippen LogP contribution in [0.1, 0.15) is 38.1 Å². The largest absolute Gasteiger partial charge is 0.438 e. The molecule has 5 rings (SSSR count). The van der Waals surface area contributed by atoms with Crippen LogP contribution in [0.4, 0.5) is 5.69 Å². The van der Waals surface area contributed by atoms with E-state index in [1.54, 1.807) is 6.20 Å². The molecular weight excluding hydrogens is 360 g/mol. The smallest absolute Gasteiger partial charge is 0.227 e. The van der Waals surface area contributed by atoms with Crippen LogP contribution in [0.25, 0.3) is 22.1 Å². The molecule has 0 radical (unpaired) electrons. The van der Waals surface area contributed by atoms with Crippen LogP contribution < -0.4 is 4.90 Å². The molecule has 4 heteroatoms. The quantitative estimate of drug-likeness (QED) is 0.418. The van der Waals surface area contributed by atoms with Crippen molar-refractivity contribution in [3.05, 3.63) is 71.9 Å². The molecule has 0 amide bonds. The van der Waals surface area contributed by atoms with E-state index in [1.165, 1.54) is 16.8 Å². The maximum atomic E-state index is 6.61. The first-order chi connectivity index (χ1) is 14.0. The maximum Gasteiger partial charge on any atom is 0.227 e. The Labute approximate surface area is 171 Å². The molecule has 3 atom stereocenters. The summed E-state index contributed by atoms with van der Waals surface area (Å²) in [7, 11) is 0. The van der Waals surface area contributed by atoms with Gasteiger partial charge in [-0.25, -0.2) is 4.98 Å². The summed E-state index contributed by atoms with van der Waals surface area (Å²) in [6.45, 7) is 8.88. The monoisotopic (exact) mass is 386 g/mol. The van der Waals surface area contributed by atoms with Crippen molar-refractivity contribution in [3.63, 3.8) is 0 Å². The van der Waals surface area contributed by atoms with Crippen molar-refractivity contribution in [1.82, 2.24) is 4.98 Å².